The van der Waals surface area contributed by atoms with Crippen LogP contribution in [0.3, 0.4) is 0 Å². The van der Waals surface area contributed by atoms with Crippen molar-refractivity contribution in [1.29, 1.82) is 0 Å². The molecule has 1 aromatic carbocycles. The molecule has 2 amide bonds. The normalized spacial score (nSPS) is 12.7. The van der Waals surface area contributed by atoms with Crippen molar-refractivity contribution in [3.8, 4) is 0 Å². The number of ether oxygens (including phenoxy) is 3. The highest BCUT2D eigenvalue weighted by atomic mass is 79.9. The molecular weight excluding hydrogens is 449 g/mol. The molecule has 0 radical (unpaired) electrons. The highest BCUT2D eigenvalue weighted by molar-refractivity contribution is 9.10. The van der Waals surface area contributed by atoms with Crippen LogP contribution in [-0.2, 0) is 25.4 Å². The van der Waals surface area contributed by atoms with Gasteiger partial charge in [-0.2, -0.15) is 4.90 Å². The Bertz CT molecular complexity index is 741. The standard InChI is InChI=1S/C20H27BrFNO6/c1-19(2,3)28-17(25)23(18(26)29-20(4,5)6)15(16(24)27-7)10-12-8-9-13(21)11-14(12)22/h8-9,11,15H,10H2,1-7H3. The number of hydrogen-bond donors (Lipinski definition) is 0. The second-order valence-electron chi connectivity index (χ2n) is 8.31. The van der Waals surface area contributed by atoms with Crippen LogP contribution in [0.4, 0.5) is 14.0 Å². The lowest BCUT2D eigenvalue weighted by atomic mass is 10.0. The molecule has 1 atom stereocenters. The summed E-state index contributed by atoms with van der Waals surface area (Å²) < 4.78 is 30.2. The number of rotatable bonds is 4. The fourth-order valence-corrected chi connectivity index (χ4v) is 2.60. The Hall–Kier alpha value is -2.16. The third kappa shape index (κ3) is 8.00. The minimum absolute atomic E-state index is 0.112. The molecule has 0 heterocycles. The van der Waals surface area contributed by atoms with Gasteiger partial charge >= 0.3 is 18.2 Å². The smallest absolute Gasteiger partial charge is 0.420 e. The molecule has 1 aromatic rings. The summed E-state index contributed by atoms with van der Waals surface area (Å²) in [5.74, 6) is -1.52. The summed E-state index contributed by atoms with van der Waals surface area (Å²) in [6, 6.07) is 2.76. The number of halogens is 2. The molecule has 0 saturated heterocycles. The Kier molecular flexibility index (Phi) is 8.20. The lowest BCUT2D eigenvalue weighted by molar-refractivity contribution is -0.146. The van der Waals surface area contributed by atoms with Crippen molar-refractivity contribution < 1.29 is 33.0 Å². The molecule has 0 N–H and O–H groups in total. The number of imide groups is 1. The predicted molar refractivity (Wildman–Crippen MR) is 108 cm³/mol. The first-order valence-corrected chi connectivity index (χ1v) is 9.71. The Labute approximate surface area is 178 Å². The quantitative estimate of drug-likeness (QED) is 0.457. The van der Waals surface area contributed by atoms with Crippen molar-refractivity contribution in [2.45, 2.75) is 65.2 Å². The van der Waals surface area contributed by atoms with Gasteiger partial charge in [0.2, 0.25) is 0 Å². The van der Waals surface area contributed by atoms with Crippen LogP contribution in [0.1, 0.15) is 47.1 Å². The summed E-state index contributed by atoms with van der Waals surface area (Å²) in [5, 5.41) is 0. The lowest BCUT2D eigenvalue weighted by Gasteiger charge is -2.32. The van der Waals surface area contributed by atoms with Gasteiger partial charge in [-0.1, -0.05) is 22.0 Å². The zero-order chi connectivity index (χ0) is 22.6. The minimum Gasteiger partial charge on any atom is -0.467 e. The molecule has 0 bridgehead atoms. The summed E-state index contributed by atoms with van der Waals surface area (Å²) in [6.07, 6.45) is -2.51. The number of carbonyl (C=O) groups is 3. The van der Waals surface area contributed by atoms with Gasteiger partial charge < -0.3 is 14.2 Å². The summed E-state index contributed by atoms with van der Waals surface area (Å²) in [7, 11) is 1.11. The van der Waals surface area contributed by atoms with E-state index >= 15 is 0 Å². The van der Waals surface area contributed by atoms with Crippen molar-refractivity contribution >= 4 is 34.1 Å². The fourth-order valence-electron chi connectivity index (χ4n) is 2.26. The topological polar surface area (TPSA) is 82.1 Å². The van der Waals surface area contributed by atoms with Gasteiger partial charge in [0.1, 0.15) is 23.1 Å². The molecule has 9 heteroatoms. The predicted octanol–water partition coefficient (Wildman–Crippen LogP) is 4.84. The number of esters is 1. The first-order valence-electron chi connectivity index (χ1n) is 8.91. The monoisotopic (exact) mass is 475 g/mol. The van der Waals surface area contributed by atoms with E-state index in [2.05, 4.69) is 15.9 Å². The number of carbonyl (C=O) groups excluding carboxylic acids is 3. The average molecular weight is 476 g/mol. The average Bonchev–Trinajstić information content (AvgIpc) is 2.52. The molecule has 7 nitrogen and oxygen atoms in total. The Morgan fingerprint density at radius 1 is 1.03 bits per heavy atom. The Morgan fingerprint density at radius 3 is 1.90 bits per heavy atom. The molecule has 0 aliphatic carbocycles. The van der Waals surface area contributed by atoms with E-state index in [0.717, 1.165) is 7.11 Å². The van der Waals surface area contributed by atoms with Crippen LogP contribution in [0.25, 0.3) is 0 Å². The summed E-state index contributed by atoms with van der Waals surface area (Å²) >= 11 is 3.16. The summed E-state index contributed by atoms with van der Waals surface area (Å²) in [6.45, 7) is 9.66. The number of benzene rings is 1. The van der Waals surface area contributed by atoms with E-state index in [-0.39, 0.29) is 12.0 Å². The van der Waals surface area contributed by atoms with E-state index in [9.17, 15) is 18.8 Å². The van der Waals surface area contributed by atoms with E-state index < -0.39 is 41.2 Å². The van der Waals surface area contributed by atoms with E-state index in [4.69, 9.17) is 14.2 Å². The van der Waals surface area contributed by atoms with Crippen LogP contribution in [-0.4, -0.2) is 47.4 Å². The second-order valence-corrected chi connectivity index (χ2v) is 9.23. The maximum atomic E-state index is 14.4. The molecule has 29 heavy (non-hydrogen) atoms. The SMILES string of the molecule is COC(=O)C(Cc1ccc(Br)cc1F)N(C(=O)OC(C)(C)C)C(=O)OC(C)(C)C. The van der Waals surface area contributed by atoms with Crippen LogP contribution in [0.2, 0.25) is 0 Å². The van der Waals surface area contributed by atoms with Gasteiger partial charge in [-0.25, -0.2) is 18.8 Å². The molecule has 1 rings (SSSR count). The molecular formula is C20H27BrFNO6. The molecule has 1 unspecified atom stereocenters. The van der Waals surface area contributed by atoms with Crippen molar-refractivity contribution in [3.63, 3.8) is 0 Å². The van der Waals surface area contributed by atoms with E-state index in [0.29, 0.717) is 9.37 Å². The molecule has 0 spiro atoms. The number of hydrogen-bond acceptors (Lipinski definition) is 6. The first-order chi connectivity index (χ1) is 13.1. The molecule has 0 aromatic heterocycles. The van der Waals surface area contributed by atoms with Gasteiger partial charge in [-0.3, -0.25) is 0 Å². The largest absolute Gasteiger partial charge is 0.467 e. The zero-order valence-electron chi connectivity index (χ0n) is 17.7. The van der Waals surface area contributed by atoms with Crippen molar-refractivity contribution in [1.82, 2.24) is 4.90 Å². The molecule has 0 aliphatic heterocycles. The van der Waals surface area contributed by atoms with Crippen LogP contribution >= 0.6 is 15.9 Å². The van der Waals surface area contributed by atoms with Crippen molar-refractivity contribution in [2.75, 3.05) is 7.11 Å². The van der Waals surface area contributed by atoms with Gasteiger partial charge in [0.15, 0.2) is 0 Å². The first kappa shape index (κ1) is 24.9. The number of methoxy groups -OCH3 is 1. The minimum atomic E-state index is -1.49. The van der Waals surface area contributed by atoms with E-state index in [1.54, 1.807) is 47.6 Å². The summed E-state index contributed by atoms with van der Waals surface area (Å²) in [4.78, 5) is 38.5. The molecule has 0 saturated carbocycles. The molecule has 162 valence electrons. The van der Waals surface area contributed by atoms with Gasteiger partial charge in [0.25, 0.3) is 0 Å². The third-order valence-electron chi connectivity index (χ3n) is 3.39. The lowest BCUT2D eigenvalue weighted by Crippen LogP contribution is -2.53. The molecule has 0 fully saturated rings. The van der Waals surface area contributed by atoms with Crippen LogP contribution in [0.5, 0.6) is 0 Å². The zero-order valence-corrected chi connectivity index (χ0v) is 19.3. The Balaban J connectivity index is 3.39. The van der Waals surface area contributed by atoms with Crippen molar-refractivity contribution in [3.05, 3.63) is 34.1 Å². The highest BCUT2D eigenvalue weighted by Gasteiger charge is 2.41. The fraction of sp³-hybridized carbons (Fsp3) is 0.550. The van der Waals surface area contributed by atoms with E-state index in [1.807, 2.05) is 0 Å². The van der Waals surface area contributed by atoms with Gasteiger partial charge in [0.05, 0.1) is 7.11 Å². The maximum absolute atomic E-state index is 14.4. The Morgan fingerprint density at radius 2 is 1.52 bits per heavy atom. The maximum Gasteiger partial charge on any atom is 0.420 e. The van der Waals surface area contributed by atoms with Gasteiger partial charge in [-0.15, -0.1) is 0 Å². The van der Waals surface area contributed by atoms with Gasteiger partial charge in [0, 0.05) is 10.9 Å². The molecule has 0 aliphatic rings. The highest BCUT2D eigenvalue weighted by Crippen LogP contribution is 2.22. The van der Waals surface area contributed by atoms with Gasteiger partial charge in [-0.05, 0) is 59.2 Å². The van der Waals surface area contributed by atoms with E-state index in [1.165, 1.54) is 12.1 Å². The number of nitrogens with zero attached hydrogens (tertiary/aromatic N) is 1. The summed E-state index contributed by atoms with van der Waals surface area (Å²) in [5.41, 5.74) is -1.78. The van der Waals surface area contributed by atoms with Crippen LogP contribution in [0.15, 0.2) is 22.7 Å². The second kappa shape index (κ2) is 9.56. The van der Waals surface area contributed by atoms with Crippen LogP contribution in [0, 0.1) is 5.82 Å². The third-order valence-corrected chi connectivity index (χ3v) is 3.89. The van der Waals surface area contributed by atoms with Crippen LogP contribution < -0.4 is 0 Å². The number of amides is 2. The van der Waals surface area contributed by atoms with Crippen molar-refractivity contribution in [2.24, 2.45) is 0 Å².